The fourth-order valence-corrected chi connectivity index (χ4v) is 3.18. The molecule has 0 heterocycles. The van der Waals surface area contributed by atoms with Gasteiger partial charge in [0, 0.05) is 0 Å². The van der Waals surface area contributed by atoms with Gasteiger partial charge in [-0.3, -0.25) is 9.59 Å². The van der Waals surface area contributed by atoms with Crippen molar-refractivity contribution in [3.8, 4) is 0 Å². The Morgan fingerprint density at radius 3 is 1.97 bits per heavy atom. The third-order valence-corrected chi connectivity index (χ3v) is 4.88. The zero-order chi connectivity index (χ0) is 22.2. The Bertz CT molecular complexity index is 632. The van der Waals surface area contributed by atoms with E-state index >= 15 is 0 Å². The Balaban J connectivity index is 2.10. The van der Waals surface area contributed by atoms with Crippen LogP contribution < -0.4 is 5.32 Å². The number of rotatable bonds is 15. The normalized spacial score (nSPS) is 11.3. The van der Waals surface area contributed by atoms with Crippen LogP contribution in [-0.4, -0.2) is 25.0 Å². The van der Waals surface area contributed by atoms with E-state index in [-0.39, 0.29) is 6.61 Å². The first-order valence-corrected chi connectivity index (χ1v) is 11.0. The Hall–Kier alpha value is -2.05. The first kappa shape index (κ1) is 26.0. The molecule has 1 rings (SSSR count). The molecule has 1 amide bonds. The van der Waals surface area contributed by atoms with Crippen LogP contribution in [0.3, 0.4) is 0 Å². The highest BCUT2D eigenvalue weighted by Crippen LogP contribution is 2.31. The van der Waals surface area contributed by atoms with Crippen LogP contribution in [0.5, 0.6) is 0 Å². The van der Waals surface area contributed by atoms with Gasteiger partial charge in [0.25, 0.3) is 5.91 Å². The summed E-state index contributed by atoms with van der Waals surface area (Å²) < 4.78 is 43.8. The van der Waals surface area contributed by atoms with Gasteiger partial charge in [-0.1, -0.05) is 83.3 Å². The van der Waals surface area contributed by atoms with Gasteiger partial charge in [0.05, 0.1) is 17.7 Å². The van der Waals surface area contributed by atoms with Crippen LogP contribution in [0.2, 0.25) is 0 Å². The molecule has 0 spiro atoms. The maximum Gasteiger partial charge on any atom is 0.417 e. The van der Waals surface area contributed by atoms with Gasteiger partial charge in [-0.25, -0.2) is 0 Å². The standard InChI is InChI=1S/C23H34F3NO3/c1-2-3-4-5-6-7-8-9-10-11-14-17-30-21(28)18-27-22(29)19-15-12-13-16-20(19)23(24,25)26/h12-13,15-16H,2-11,14,17-18H2,1H3,(H,27,29). The van der Waals surface area contributed by atoms with Crippen molar-refractivity contribution in [3.63, 3.8) is 0 Å². The van der Waals surface area contributed by atoms with E-state index < -0.39 is 35.7 Å². The zero-order valence-corrected chi connectivity index (χ0v) is 17.9. The average molecular weight is 430 g/mol. The number of hydrogen-bond donors (Lipinski definition) is 1. The van der Waals surface area contributed by atoms with Crippen LogP contribution in [0.4, 0.5) is 13.2 Å². The molecule has 0 saturated heterocycles. The molecule has 0 radical (unpaired) electrons. The molecule has 1 aromatic rings. The van der Waals surface area contributed by atoms with E-state index in [2.05, 4.69) is 12.2 Å². The minimum Gasteiger partial charge on any atom is -0.464 e. The molecule has 0 bridgehead atoms. The topological polar surface area (TPSA) is 55.4 Å². The summed E-state index contributed by atoms with van der Waals surface area (Å²) in [6.45, 7) is 2.01. The number of alkyl halides is 3. The summed E-state index contributed by atoms with van der Waals surface area (Å²) in [6, 6.07) is 4.46. The molecule has 30 heavy (non-hydrogen) atoms. The summed E-state index contributed by atoms with van der Waals surface area (Å²) in [6.07, 6.45) is 8.40. The maximum atomic E-state index is 12.9. The van der Waals surface area contributed by atoms with Gasteiger partial charge in [0.2, 0.25) is 0 Å². The fraction of sp³-hybridized carbons (Fsp3) is 0.652. The molecule has 170 valence electrons. The summed E-state index contributed by atoms with van der Waals surface area (Å²) in [5.41, 5.74) is -1.54. The van der Waals surface area contributed by atoms with E-state index in [9.17, 15) is 22.8 Å². The highest BCUT2D eigenvalue weighted by Gasteiger charge is 2.34. The van der Waals surface area contributed by atoms with Gasteiger partial charge in [-0.05, 0) is 18.6 Å². The first-order chi connectivity index (χ1) is 14.4. The number of unbranched alkanes of at least 4 members (excludes halogenated alkanes) is 10. The second-order valence-electron chi connectivity index (χ2n) is 7.48. The van der Waals surface area contributed by atoms with Gasteiger partial charge >= 0.3 is 12.1 Å². The van der Waals surface area contributed by atoms with Gasteiger partial charge in [-0.2, -0.15) is 13.2 Å². The molecular formula is C23H34F3NO3. The van der Waals surface area contributed by atoms with Gasteiger partial charge in [-0.15, -0.1) is 0 Å². The third-order valence-electron chi connectivity index (χ3n) is 4.88. The lowest BCUT2D eigenvalue weighted by molar-refractivity contribution is -0.142. The number of carbonyl (C=O) groups excluding carboxylic acids is 2. The number of amides is 1. The monoisotopic (exact) mass is 429 g/mol. The Kier molecular flexibility index (Phi) is 12.9. The summed E-state index contributed by atoms with van der Waals surface area (Å²) in [7, 11) is 0. The second kappa shape index (κ2) is 14.9. The van der Waals surface area contributed by atoms with Crippen LogP contribution in [-0.2, 0) is 15.7 Å². The minimum atomic E-state index is -4.64. The zero-order valence-electron chi connectivity index (χ0n) is 17.9. The molecule has 0 saturated carbocycles. The van der Waals surface area contributed by atoms with Crippen LogP contribution in [0, 0.1) is 0 Å². The fourth-order valence-electron chi connectivity index (χ4n) is 3.18. The smallest absolute Gasteiger partial charge is 0.417 e. The number of benzene rings is 1. The highest BCUT2D eigenvalue weighted by molar-refractivity contribution is 5.97. The average Bonchev–Trinajstić information content (AvgIpc) is 2.72. The van der Waals surface area contributed by atoms with Crippen LogP contribution >= 0.6 is 0 Å². The number of ether oxygens (including phenoxy) is 1. The number of halogens is 3. The molecule has 0 aliphatic carbocycles. The number of hydrogen-bond acceptors (Lipinski definition) is 3. The van der Waals surface area contributed by atoms with Crippen molar-refractivity contribution >= 4 is 11.9 Å². The second-order valence-corrected chi connectivity index (χ2v) is 7.48. The Morgan fingerprint density at radius 2 is 1.40 bits per heavy atom. The van der Waals surface area contributed by atoms with Crippen LogP contribution in [0.15, 0.2) is 24.3 Å². The number of nitrogens with one attached hydrogen (secondary N) is 1. The molecule has 4 nitrogen and oxygen atoms in total. The van der Waals surface area contributed by atoms with E-state index in [4.69, 9.17) is 4.74 Å². The Labute approximate surface area is 177 Å². The molecule has 0 atom stereocenters. The first-order valence-electron chi connectivity index (χ1n) is 11.0. The van der Waals surface area contributed by atoms with E-state index in [0.717, 1.165) is 31.4 Å². The number of esters is 1. The molecule has 1 N–H and O–H groups in total. The van der Waals surface area contributed by atoms with Crippen molar-refractivity contribution < 1.29 is 27.5 Å². The van der Waals surface area contributed by atoms with Crippen molar-refractivity contribution in [1.29, 1.82) is 0 Å². The molecule has 7 heteroatoms. The van der Waals surface area contributed by atoms with E-state index in [1.54, 1.807) is 0 Å². The summed E-state index contributed by atoms with van der Waals surface area (Å²) >= 11 is 0. The molecular weight excluding hydrogens is 395 g/mol. The molecule has 0 aliphatic rings. The molecule has 1 aromatic carbocycles. The maximum absolute atomic E-state index is 12.9. The van der Waals surface area contributed by atoms with Crippen molar-refractivity contribution in [2.75, 3.05) is 13.2 Å². The van der Waals surface area contributed by atoms with E-state index in [0.29, 0.717) is 0 Å². The molecule has 0 aliphatic heterocycles. The van der Waals surface area contributed by atoms with E-state index in [1.165, 1.54) is 63.5 Å². The lowest BCUT2D eigenvalue weighted by atomic mass is 10.1. The molecule has 0 aromatic heterocycles. The summed E-state index contributed by atoms with van der Waals surface area (Å²) in [5, 5.41) is 2.19. The predicted molar refractivity (Wildman–Crippen MR) is 111 cm³/mol. The third kappa shape index (κ3) is 11.2. The molecule has 0 unspecified atom stereocenters. The van der Waals surface area contributed by atoms with Gasteiger partial charge < -0.3 is 10.1 Å². The van der Waals surface area contributed by atoms with E-state index in [1.807, 2.05) is 0 Å². The largest absolute Gasteiger partial charge is 0.464 e. The number of carbonyl (C=O) groups is 2. The lowest BCUT2D eigenvalue weighted by Gasteiger charge is -2.12. The summed E-state index contributed by atoms with van der Waals surface area (Å²) in [4.78, 5) is 23.7. The van der Waals surface area contributed by atoms with Gasteiger partial charge in [0.1, 0.15) is 6.54 Å². The lowest BCUT2D eigenvalue weighted by Crippen LogP contribution is -2.32. The van der Waals surface area contributed by atoms with Crippen molar-refractivity contribution in [2.24, 2.45) is 0 Å². The highest BCUT2D eigenvalue weighted by atomic mass is 19.4. The molecule has 0 fully saturated rings. The van der Waals surface area contributed by atoms with Crippen molar-refractivity contribution in [2.45, 2.75) is 83.7 Å². The van der Waals surface area contributed by atoms with Crippen LogP contribution in [0.1, 0.15) is 93.5 Å². The van der Waals surface area contributed by atoms with Crippen molar-refractivity contribution in [3.05, 3.63) is 35.4 Å². The Morgan fingerprint density at radius 1 is 0.867 bits per heavy atom. The quantitative estimate of drug-likeness (QED) is 0.263. The van der Waals surface area contributed by atoms with Crippen LogP contribution in [0.25, 0.3) is 0 Å². The minimum absolute atomic E-state index is 0.255. The summed E-state index contributed by atoms with van der Waals surface area (Å²) in [5.74, 6) is -1.60. The SMILES string of the molecule is CCCCCCCCCCCCCOC(=O)CNC(=O)c1ccccc1C(F)(F)F. The predicted octanol–water partition coefficient (Wildman–Crippen LogP) is 6.29. The van der Waals surface area contributed by atoms with Crippen molar-refractivity contribution in [1.82, 2.24) is 5.32 Å². The van der Waals surface area contributed by atoms with Gasteiger partial charge in [0.15, 0.2) is 0 Å².